The Balaban J connectivity index is 2.43. The molecule has 0 aliphatic rings. The summed E-state index contributed by atoms with van der Waals surface area (Å²) in [6, 6.07) is 5.83. The first-order chi connectivity index (χ1) is 9.72. The van der Waals surface area contributed by atoms with Gasteiger partial charge in [0.1, 0.15) is 9.77 Å². The molecule has 0 amide bonds. The predicted molar refractivity (Wildman–Crippen MR) is 88.9 cm³/mol. The molecule has 1 aromatic heterocycles. The molecule has 21 heavy (non-hydrogen) atoms. The van der Waals surface area contributed by atoms with Gasteiger partial charge in [0, 0.05) is 0 Å². The van der Waals surface area contributed by atoms with Crippen LogP contribution in [0.25, 0.3) is 0 Å². The first-order valence-electron chi connectivity index (χ1n) is 5.22. The van der Waals surface area contributed by atoms with E-state index in [1.807, 2.05) is 0 Å². The average Bonchev–Trinajstić information content (AvgIpc) is 2.78. The van der Waals surface area contributed by atoms with Crippen LogP contribution in [-0.2, 0) is 10.0 Å². The third kappa shape index (κ3) is 3.59. The van der Waals surface area contributed by atoms with Crippen molar-refractivity contribution < 1.29 is 18.3 Å². The van der Waals surface area contributed by atoms with Crippen LogP contribution in [0.5, 0.6) is 0 Å². The number of sulfonamides is 1. The maximum absolute atomic E-state index is 12.3. The molecule has 1 aromatic carbocycles. The molecule has 0 spiro atoms. The normalized spacial score (nSPS) is 11.4. The van der Waals surface area contributed by atoms with Gasteiger partial charge in [-0.25, -0.2) is 13.2 Å². The summed E-state index contributed by atoms with van der Waals surface area (Å²) in [5.41, 5.74) is 0.262. The number of hydrogen-bond donors (Lipinski definition) is 2. The van der Waals surface area contributed by atoms with Crippen molar-refractivity contribution in [2.75, 3.05) is 4.72 Å². The highest BCUT2D eigenvalue weighted by Crippen LogP contribution is 2.35. The fraction of sp³-hybridized carbons (Fsp3) is 0. The minimum absolute atomic E-state index is 0.0765. The Bertz CT molecular complexity index is 820. The van der Waals surface area contributed by atoms with E-state index >= 15 is 0 Å². The first kappa shape index (κ1) is 16.8. The van der Waals surface area contributed by atoms with E-state index in [9.17, 15) is 13.2 Å². The zero-order valence-electron chi connectivity index (χ0n) is 9.93. The molecule has 0 bridgehead atoms. The largest absolute Gasteiger partial charge is 0.477 e. The number of benzene rings is 1. The van der Waals surface area contributed by atoms with Gasteiger partial charge in [0.25, 0.3) is 10.0 Å². The number of hydrogen-bond acceptors (Lipinski definition) is 4. The van der Waals surface area contributed by atoms with Gasteiger partial charge < -0.3 is 5.11 Å². The van der Waals surface area contributed by atoms with Crippen LogP contribution in [0.1, 0.15) is 9.67 Å². The van der Waals surface area contributed by atoms with E-state index in [4.69, 9.17) is 16.7 Å². The Kier molecular flexibility index (Phi) is 4.99. The molecule has 0 unspecified atom stereocenters. The third-order valence-corrected chi connectivity index (χ3v) is 7.35. The van der Waals surface area contributed by atoms with Crippen molar-refractivity contribution in [3.05, 3.63) is 42.4 Å². The molecule has 112 valence electrons. The number of carbonyl (C=O) groups is 1. The smallest absolute Gasteiger partial charge is 0.345 e. The van der Waals surface area contributed by atoms with Crippen molar-refractivity contribution in [3.63, 3.8) is 0 Å². The summed E-state index contributed by atoms with van der Waals surface area (Å²) in [4.78, 5) is 10.7. The van der Waals surface area contributed by atoms with Crippen LogP contribution in [0, 0.1) is 0 Å². The molecule has 2 N–H and O–H groups in total. The van der Waals surface area contributed by atoms with Gasteiger partial charge in [0.15, 0.2) is 0 Å². The Labute approximate surface area is 146 Å². The number of carboxylic acid groups (broad SMARTS) is 1. The summed E-state index contributed by atoms with van der Waals surface area (Å²) in [7, 11) is -3.93. The zero-order valence-corrected chi connectivity index (χ0v) is 15.5. The van der Waals surface area contributed by atoms with Gasteiger partial charge in [-0.15, -0.1) is 11.3 Å². The van der Waals surface area contributed by atoms with E-state index in [0.717, 1.165) is 17.4 Å². The molecule has 2 aromatic rings. The molecular weight excluding hydrogens is 470 g/mol. The topological polar surface area (TPSA) is 83.5 Å². The Morgan fingerprint density at radius 1 is 1.33 bits per heavy atom. The lowest BCUT2D eigenvalue weighted by atomic mass is 10.3. The monoisotopic (exact) mass is 473 g/mol. The number of rotatable bonds is 4. The molecular formula is C11H6Br2ClNO4S2. The highest BCUT2D eigenvalue weighted by molar-refractivity contribution is 9.11. The molecule has 5 nitrogen and oxygen atoms in total. The minimum atomic E-state index is -3.93. The molecule has 0 radical (unpaired) electrons. The number of halogens is 3. The van der Waals surface area contributed by atoms with Crippen molar-refractivity contribution in [1.29, 1.82) is 0 Å². The summed E-state index contributed by atoms with van der Waals surface area (Å²) < 4.78 is 27.6. The van der Waals surface area contributed by atoms with E-state index in [1.54, 1.807) is 12.1 Å². The lowest BCUT2D eigenvalue weighted by molar-refractivity contribution is 0.0702. The van der Waals surface area contributed by atoms with E-state index in [0.29, 0.717) is 9.50 Å². The number of thiophene rings is 1. The van der Waals surface area contributed by atoms with Crippen LogP contribution in [0.4, 0.5) is 5.69 Å². The van der Waals surface area contributed by atoms with Gasteiger partial charge in [-0.3, -0.25) is 4.72 Å². The summed E-state index contributed by atoms with van der Waals surface area (Å²) in [6.45, 7) is 0. The Morgan fingerprint density at radius 2 is 2.00 bits per heavy atom. The van der Waals surface area contributed by atoms with E-state index in [-0.39, 0.29) is 19.2 Å². The number of anilines is 1. The van der Waals surface area contributed by atoms with Crippen molar-refractivity contribution >= 4 is 76.5 Å². The van der Waals surface area contributed by atoms with E-state index in [1.165, 1.54) is 6.07 Å². The fourth-order valence-electron chi connectivity index (χ4n) is 1.42. The zero-order chi connectivity index (χ0) is 15.8. The molecule has 0 aliphatic carbocycles. The van der Waals surface area contributed by atoms with Gasteiger partial charge >= 0.3 is 5.97 Å². The summed E-state index contributed by atoms with van der Waals surface area (Å²) in [6.07, 6.45) is 0. The molecule has 10 heteroatoms. The molecule has 0 saturated carbocycles. The van der Waals surface area contributed by atoms with Crippen molar-refractivity contribution in [2.45, 2.75) is 4.90 Å². The van der Waals surface area contributed by atoms with Crippen LogP contribution in [0.2, 0.25) is 5.02 Å². The fourth-order valence-corrected chi connectivity index (χ4v) is 5.57. The second-order valence-corrected chi connectivity index (χ2v) is 8.98. The van der Waals surface area contributed by atoms with Gasteiger partial charge in [-0.1, -0.05) is 17.7 Å². The molecule has 1 heterocycles. The quantitative estimate of drug-likeness (QED) is 0.686. The lowest BCUT2D eigenvalue weighted by Gasteiger charge is -2.09. The summed E-state index contributed by atoms with van der Waals surface area (Å²) in [5.74, 6) is -1.19. The molecule has 2 rings (SSSR count). The summed E-state index contributed by atoms with van der Waals surface area (Å²) >= 11 is 13.0. The van der Waals surface area contributed by atoms with Crippen molar-refractivity contribution in [3.8, 4) is 0 Å². The van der Waals surface area contributed by atoms with Crippen LogP contribution >= 0.6 is 54.8 Å². The van der Waals surface area contributed by atoms with Crippen LogP contribution in [0.15, 0.2) is 37.4 Å². The van der Waals surface area contributed by atoms with Gasteiger partial charge in [-0.05, 0) is 50.1 Å². The van der Waals surface area contributed by atoms with Crippen LogP contribution in [-0.4, -0.2) is 19.5 Å². The molecule has 0 fully saturated rings. The second kappa shape index (κ2) is 6.25. The average molecular weight is 476 g/mol. The van der Waals surface area contributed by atoms with Crippen molar-refractivity contribution in [2.24, 2.45) is 0 Å². The second-order valence-electron chi connectivity index (χ2n) is 3.76. The standard InChI is InChI=1S/C11H6Br2ClNO4S2/c12-9-5(14)2-1-3-6(9)15-21(18,19)8-4-7(11(16)17)20-10(8)13/h1-4,15H,(H,16,17). The maximum Gasteiger partial charge on any atom is 0.345 e. The van der Waals surface area contributed by atoms with Crippen molar-refractivity contribution in [1.82, 2.24) is 0 Å². The van der Waals surface area contributed by atoms with E-state index < -0.39 is 16.0 Å². The van der Waals surface area contributed by atoms with Crippen LogP contribution < -0.4 is 4.72 Å². The SMILES string of the molecule is O=C(O)c1cc(S(=O)(=O)Nc2cccc(Cl)c2Br)c(Br)s1. The highest BCUT2D eigenvalue weighted by atomic mass is 79.9. The molecule has 0 atom stereocenters. The van der Waals surface area contributed by atoms with E-state index in [2.05, 4.69) is 36.6 Å². The Morgan fingerprint density at radius 3 is 2.57 bits per heavy atom. The molecule has 0 aliphatic heterocycles. The van der Waals surface area contributed by atoms with Gasteiger partial charge in [0.2, 0.25) is 0 Å². The third-order valence-electron chi connectivity index (χ3n) is 2.35. The minimum Gasteiger partial charge on any atom is -0.477 e. The van der Waals surface area contributed by atoms with Gasteiger partial charge in [-0.2, -0.15) is 0 Å². The first-order valence-corrected chi connectivity index (χ1v) is 9.48. The summed E-state index contributed by atoms with van der Waals surface area (Å²) in [5, 5.41) is 9.26. The highest BCUT2D eigenvalue weighted by Gasteiger charge is 2.24. The number of carboxylic acids is 1. The molecule has 0 saturated heterocycles. The Hall–Kier alpha value is -0.610. The number of nitrogens with one attached hydrogen (secondary N) is 1. The number of aromatic carboxylic acids is 1. The van der Waals surface area contributed by atoms with Crippen LogP contribution in [0.3, 0.4) is 0 Å². The lowest BCUT2D eigenvalue weighted by Crippen LogP contribution is -2.13. The predicted octanol–water partition coefficient (Wildman–Crippen LogP) is 4.43. The van der Waals surface area contributed by atoms with Gasteiger partial charge in [0.05, 0.1) is 19.0 Å². The maximum atomic E-state index is 12.3.